The molecule has 0 unspecified atom stereocenters. The van der Waals surface area contributed by atoms with Gasteiger partial charge in [0.2, 0.25) is 0 Å². The number of hydrogen-bond acceptors (Lipinski definition) is 3. The van der Waals surface area contributed by atoms with Crippen molar-refractivity contribution in [3.05, 3.63) is 70.6 Å². The van der Waals surface area contributed by atoms with Crippen LogP contribution in [-0.2, 0) is 6.54 Å². The van der Waals surface area contributed by atoms with Gasteiger partial charge in [0.05, 0.1) is 4.88 Å². The molecule has 0 aliphatic rings. The first-order chi connectivity index (χ1) is 12.1. The molecular formula is C21H24N2OS. The van der Waals surface area contributed by atoms with Crippen LogP contribution in [0.5, 0.6) is 0 Å². The molecule has 0 aliphatic carbocycles. The fraction of sp³-hybridized carbons (Fsp3) is 0.286. The van der Waals surface area contributed by atoms with Crippen molar-refractivity contribution in [3.8, 4) is 0 Å². The van der Waals surface area contributed by atoms with E-state index in [9.17, 15) is 4.79 Å². The minimum Gasteiger partial charge on any atom is -0.332 e. The maximum atomic E-state index is 13.3. The third-order valence-corrected chi connectivity index (χ3v) is 5.62. The van der Waals surface area contributed by atoms with Gasteiger partial charge >= 0.3 is 0 Å². The highest BCUT2D eigenvalue weighted by Crippen LogP contribution is 2.31. The Balaban J connectivity index is 1.90. The lowest BCUT2D eigenvalue weighted by Gasteiger charge is -2.24. The first-order valence-electron chi connectivity index (χ1n) is 8.52. The molecule has 1 amide bonds. The molecule has 0 spiro atoms. The van der Waals surface area contributed by atoms with Crippen molar-refractivity contribution in [2.45, 2.75) is 13.5 Å². The summed E-state index contributed by atoms with van der Waals surface area (Å²) in [4.78, 5) is 18.2. The molecule has 0 saturated carbocycles. The Morgan fingerprint density at radius 2 is 1.64 bits per heavy atom. The highest BCUT2D eigenvalue weighted by Gasteiger charge is 2.21. The average Bonchev–Trinajstić information content (AvgIpc) is 2.96. The van der Waals surface area contributed by atoms with Gasteiger partial charge in [0, 0.05) is 24.3 Å². The number of amides is 1. The molecule has 1 aromatic heterocycles. The summed E-state index contributed by atoms with van der Waals surface area (Å²) < 4.78 is 1.18. The Hall–Kier alpha value is -2.17. The number of aryl methyl sites for hydroxylation is 1. The average molecular weight is 353 g/mol. The van der Waals surface area contributed by atoms with Gasteiger partial charge in [0.25, 0.3) is 5.91 Å². The molecule has 1 heterocycles. The molecule has 25 heavy (non-hydrogen) atoms. The van der Waals surface area contributed by atoms with Crippen molar-refractivity contribution in [3.63, 3.8) is 0 Å². The highest BCUT2D eigenvalue weighted by atomic mass is 32.1. The summed E-state index contributed by atoms with van der Waals surface area (Å²) in [5.41, 5.74) is 2.25. The van der Waals surface area contributed by atoms with Crippen LogP contribution in [0.15, 0.2) is 54.6 Å². The predicted molar refractivity (Wildman–Crippen MR) is 106 cm³/mol. The fourth-order valence-corrected chi connectivity index (χ4v) is 4.08. The molecule has 0 aliphatic heterocycles. The van der Waals surface area contributed by atoms with Gasteiger partial charge in [0.15, 0.2) is 0 Å². The van der Waals surface area contributed by atoms with E-state index in [-0.39, 0.29) is 5.91 Å². The molecule has 130 valence electrons. The SMILES string of the molecule is Cc1c(C(=O)N(CCN(C)C)Cc2ccccc2)sc2ccccc12. The fourth-order valence-electron chi connectivity index (χ4n) is 2.90. The van der Waals surface area contributed by atoms with Gasteiger partial charge in [-0.2, -0.15) is 0 Å². The van der Waals surface area contributed by atoms with Gasteiger partial charge in [-0.05, 0) is 43.6 Å². The summed E-state index contributed by atoms with van der Waals surface area (Å²) in [7, 11) is 4.08. The van der Waals surface area contributed by atoms with Crippen molar-refractivity contribution in [2.24, 2.45) is 0 Å². The Labute approximate surface area is 153 Å². The Morgan fingerprint density at radius 3 is 2.32 bits per heavy atom. The van der Waals surface area contributed by atoms with Crippen LogP contribution in [0.3, 0.4) is 0 Å². The smallest absolute Gasteiger partial charge is 0.264 e. The van der Waals surface area contributed by atoms with Gasteiger partial charge in [-0.15, -0.1) is 11.3 Å². The van der Waals surface area contributed by atoms with Crippen molar-refractivity contribution < 1.29 is 4.79 Å². The molecule has 4 heteroatoms. The second-order valence-corrected chi connectivity index (χ2v) is 7.62. The van der Waals surface area contributed by atoms with Crippen LogP contribution in [0.2, 0.25) is 0 Å². The number of carbonyl (C=O) groups is 1. The minimum absolute atomic E-state index is 0.129. The van der Waals surface area contributed by atoms with Crippen LogP contribution >= 0.6 is 11.3 Å². The van der Waals surface area contributed by atoms with E-state index in [1.807, 2.05) is 49.3 Å². The topological polar surface area (TPSA) is 23.6 Å². The molecule has 3 nitrogen and oxygen atoms in total. The van der Waals surface area contributed by atoms with Crippen molar-refractivity contribution in [2.75, 3.05) is 27.2 Å². The lowest BCUT2D eigenvalue weighted by molar-refractivity contribution is 0.0736. The number of benzene rings is 2. The number of nitrogens with zero attached hydrogens (tertiary/aromatic N) is 2. The lowest BCUT2D eigenvalue weighted by Crippen LogP contribution is -2.36. The summed E-state index contributed by atoms with van der Waals surface area (Å²) >= 11 is 1.60. The Morgan fingerprint density at radius 1 is 0.960 bits per heavy atom. The van der Waals surface area contributed by atoms with Gasteiger partial charge in [-0.1, -0.05) is 48.5 Å². The maximum Gasteiger partial charge on any atom is 0.264 e. The third-order valence-electron chi connectivity index (χ3n) is 4.36. The van der Waals surface area contributed by atoms with E-state index in [4.69, 9.17) is 0 Å². The molecule has 0 atom stereocenters. The molecule has 3 rings (SSSR count). The molecule has 0 radical (unpaired) electrons. The van der Waals surface area contributed by atoms with Crippen LogP contribution in [0, 0.1) is 6.92 Å². The number of rotatable bonds is 6. The van der Waals surface area contributed by atoms with Crippen LogP contribution in [0.1, 0.15) is 20.8 Å². The second kappa shape index (κ2) is 7.81. The van der Waals surface area contributed by atoms with Crippen molar-refractivity contribution in [1.29, 1.82) is 0 Å². The van der Waals surface area contributed by atoms with E-state index in [2.05, 4.69) is 36.1 Å². The Bertz CT molecular complexity index is 855. The third kappa shape index (κ3) is 4.09. The van der Waals surface area contributed by atoms with Gasteiger partial charge in [-0.25, -0.2) is 0 Å². The quantitative estimate of drug-likeness (QED) is 0.656. The number of fused-ring (bicyclic) bond motifs is 1. The molecule has 0 bridgehead atoms. The molecule has 3 aromatic rings. The van der Waals surface area contributed by atoms with Gasteiger partial charge in [0.1, 0.15) is 0 Å². The monoisotopic (exact) mass is 352 g/mol. The minimum atomic E-state index is 0.129. The van der Waals surface area contributed by atoms with Crippen LogP contribution in [0.25, 0.3) is 10.1 Å². The summed E-state index contributed by atoms with van der Waals surface area (Å²) in [6.45, 7) is 4.26. The zero-order valence-corrected chi connectivity index (χ0v) is 15.8. The summed E-state index contributed by atoms with van der Waals surface area (Å²) in [6, 6.07) is 18.4. The largest absolute Gasteiger partial charge is 0.332 e. The van der Waals surface area contributed by atoms with E-state index in [0.717, 1.165) is 22.5 Å². The number of hydrogen-bond donors (Lipinski definition) is 0. The van der Waals surface area contributed by atoms with E-state index in [1.54, 1.807) is 11.3 Å². The van der Waals surface area contributed by atoms with Crippen LogP contribution in [0.4, 0.5) is 0 Å². The van der Waals surface area contributed by atoms with Crippen LogP contribution in [-0.4, -0.2) is 42.9 Å². The Kier molecular flexibility index (Phi) is 5.51. The number of carbonyl (C=O) groups excluding carboxylic acids is 1. The van der Waals surface area contributed by atoms with Gasteiger partial charge < -0.3 is 9.80 Å². The normalized spacial score (nSPS) is 11.2. The standard InChI is InChI=1S/C21H24N2OS/c1-16-18-11-7-8-12-19(18)25-20(16)21(24)23(14-13-22(2)3)15-17-9-5-4-6-10-17/h4-12H,13-15H2,1-3H3. The van der Waals surface area contributed by atoms with Gasteiger partial charge in [-0.3, -0.25) is 4.79 Å². The first kappa shape index (κ1) is 17.6. The number of likely N-dealkylation sites (N-methyl/N-ethyl adjacent to an activating group) is 1. The van der Waals surface area contributed by atoms with E-state index < -0.39 is 0 Å². The molecule has 0 fully saturated rings. The summed E-state index contributed by atoms with van der Waals surface area (Å²) in [5.74, 6) is 0.129. The maximum absolute atomic E-state index is 13.3. The molecular weight excluding hydrogens is 328 g/mol. The highest BCUT2D eigenvalue weighted by molar-refractivity contribution is 7.21. The van der Waals surface area contributed by atoms with E-state index in [0.29, 0.717) is 13.1 Å². The van der Waals surface area contributed by atoms with E-state index >= 15 is 0 Å². The van der Waals surface area contributed by atoms with Crippen molar-refractivity contribution in [1.82, 2.24) is 9.80 Å². The van der Waals surface area contributed by atoms with Crippen LogP contribution < -0.4 is 0 Å². The second-order valence-electron chi connectivity index (χ2n) is 6.57. The van der Waals surface area contributed by atoms with E-state index in [1.165, 1.54) is 10.1 Å². The van der Waals surface area contributed by atoms with Crippen molar-refractivity contribution >= 4 is 27.3 Å². The lowest BCUT2D eigenvalue weighted by atomic mass is 10.1. The molecule has 2 aromatic carbocycles. The summed E-state index contributed by atoms with van der Waals surface area (Å²) in [5, 5.41) is 1.18. The number of thiophene rings is 1. The zero-order valence-electron chi connectivity index (χ0n) is 15.0. The summed E-state index contributed by atoms with van der Waals surface area (Å²) in [6.07, 6.45) is 0. The zero-order chi connectivity index (χ0) is 17.8. The first-order valence-corrected chi connectivity index (χ1v) is 9.34. The molecule has 0 saturated heterocycles. The predicted octanol–water partition coefficient (Wildman–Crippen LogP) is 4.41. The molecule has 0 N–H and O–H groups in total.